The number of methoxy groups -OCH3 is 1. The Bertz CT molecular complexity index is 1230. The van der Waals surface area contributed by atoms with Gasteiger partial charge in [0.1, 0.15) is 5.69 Å². The van der Waals surface area contributed by atoms with Crippen molar-refractivity contribution < 1.29 is 17.9 Å². The summed E-state index contributed by atoms with van der Waals surface area (Å²) >= 11 is 0. The average molecular weight is 454 g/mol. The SMILES string of the molecule is COC1=Nc2nc(-c3ncccc3C(F)(F)F)ccc2C(N)(c2ccccc2C(C)(C)C)C1. The zero-order chi connectivity index (χ0) is 24.0. The standard InChI is InChI=1S/C25H25F3N4O/c1-23(2,3)15-8-5-6-9-16(15)24(29)14-20(33-4)32-22-18(24)11-12-19(31-22)21-17(25(26,27)28)10-7-13-30-21/h5-13H,14,29H2,1-4H3. The molecule has 0 spiro atoms. The van der Waals surface area contributed by atoms with E-state index in [9.17, 15) is 13.2 Å². The van der Waals surface area contributed by atoms with Crippen LogP contribution in [0.2, 0.25) is 0 Å². The highest BCUT2D eigenvalue weighted by molar-refractivity contribution is 5.85. The van der Waals surface area contributed by atoms with E-state index in [1.165, 1.54) is 25.4 Å². The number of aliphatic imine (C=N–C) groups is 1. The maximum atomic E-state index is 13.6. The lowest BCUT2D eigenvalue weighted by Gasteiger charge is -2.38. The van der Waals surface area contributed by atoms with Crippen molar-refractivity contribution >= 4 is 11.7 Å². The van der Waals surface area contributed by atoms with E-state index >= 15 is 0 Å². The summed E-state index contributed by atoms with van der Waals surface area (Å²) in [6.45, 7) is 6.31. The van der Waals surface area contributed by atoms with Crippen LogP contribution in [0.1, 0.15) is 49.4 Å². The summed E-state index contributed by atoms with van der Waals surface area (Å²) in [5.41, 5.74) is 7.36. The Labute approximate surface area is 190 Å². The first-order valence-corrected chi connectivity index (χ1v) is 10.5. The number of pyridine rings is 2. The van der Waals surface area contributed by atoms with Gasteiger partial charge in [0.25, 0.3) is 0 Å². The Kier molecular flexibility index (Phi) is 5.52. The largest absolute Gasteiger partial charge is 0.484 e. The van der Waals surface area contributed by atoms with Gasteiger partial charge in [-0.3, -0.25) is 4.98 Å². The molecule has 3 aromatic rings. The molecule has 0 aliphatic carbocycles. The van der Waals surface area contributed by atoms with Crippen LogP contribution in [0.5, 0.6) is 0 Å². The third kappa shape index (κ3) is 4.11. The van der Waals surface area contributed by atoms with Crippen LogP contribution in [0.25, 0.3) is 11.4 Å². The average Bonchev–Trinajstić information content (AvgIpc) is 2.77. The third-order valence-electron chi connectivity index (χ3n) is 5.82. The van der Waals surface area contributed by atoms with Crippen LogP contribution in [-0.2, 0) is 21.9 Å². The number of alkyl halides is 3. The fraction of sp³-hybridized carbons (Fsp3) is 0.320. The number of hydrogen-bond donors (Lipinski definition) is 1. The predicted octanol–water partition coefficient (Wildman–Crippen LogP) is 5.74. The highest BCUT2D eigenvalue weighted by Crippen LogP contribution is 2.44. The Balaban J connectivity index is 1.93. The van der Waals surface area contributed by atoms with Gasteiger partial charge in [-0.2, -0.15) is 18.2 Å². The Morgan fingerprint density at radius 3 is 2.30 bits per heavy atom. The first kappa shape index (κ1) is 22.9. The van der Waals surface area contributed by atoms with Gasteiger partial charge in [-0.05, 0) is 34.7 Å². The zero-order valence-corrected chi connectivity index (χ0v) is 18.9. The van der Waals surface area contributed by atoms with Crippen molar-refractivity contribution in [3.05, 3.63) is 77.0 Å². The van der Waals surface area contributed by atoms with Gasteiger partial charge in [-0.15, -0.1) is 0 Å². The van der Waals surface area contributed by atoms with E-state index in [2.05, 4.69) is 35.7 Å². The van der Waals surface area contributed by atoms with Crippen LogP contribution in [-0.4, -0.2) is 23.0 Å². The van der Waals surface area contributed by atoms with Crippen LogP contribution in [0, 0.1) is 0 Å². The molecular weight excluding hydrogens is 429 g/mol. The van der Waals surface area contributed by atoms with Crippen molar-refractivity contribution in [1.82, 2.24) is 9.97 Å². The first-order valence-electron chi connectivity index (χ1n) is 10.5. The number of nitrogens with two attached hydrogens (primary N) is 1. The molecule has 0 fully saturated rings. The molecule has 2 aromatic heterocycles. The maximum Gasteiger partial charge on any atom is 0.418 e. The van der Waals surface area contributed by atoms with Gasteiger partial charge in [0.15, 0.2) is 11.7 Å². The molecule has 0 bridgehead atoms. The molecule has 1 atom stereocenters. The normalized spacial score (nSPS) is 18.5. The molecule has 1 aromatic carbocycles. The molecule has 1 unspecified atom stereocenters. The van der Waals surface area contributed by atoms with Crippen molar-refractivity contribution in [2.75, 3.05) is 7.11 Å². The number of nitrogens with zero attached hydrogens (tertiary/aromatic N) is 3. The van der Waals surface area contributed by atoms with Crippen molar-refractivity contribution in [3.63, 3.8) is 0 Å². The number of rotatable bonds is 2. The van der Waals surface area contributed by atoms with Gasteiger partial charge in [0, 0.05) is 11.8 Å². The molecule has 0 radical (unpaired) electrons. The number of fused-ring (bicyclic) bond motifs is 1. The van der Waals surface area contributed by atoms with Crippen LogP contribution in [0.15, 0.2) is 59.7 Å². The molecular formula is C25H25F3N4O. The minimum atomic E-state index is -4.56. The minimum Gasteiger partial charge on any atom is -0.484 e. The molecule has 2 N–H and O–H groups in total. The van der Waals surface area contributed by atoms with Gasteiger partial charge in [-0.25, -0.2) is 4.98 Å². The van der Waals surface area contributed by atoms with Crippen LogP contribution in [0.3, 0.4) is 0 Å². The number of hydrogen-bond acceptors (Lipinski definition) is 5. The number of benzene rings is 1. The van der Waals surface area contributed by atoms with Gasteiger partial charge < -0.3 is 10.5 Å². The monoisotopic (exact) mass is 454 g/mol. The maximum absolute atomic E-state index is 13.6. The molecule has 0 amide bonds. The van der Waals surface area contributed by atoms with E-state index in [1.807, 2.05) is 24.3 Å². The molecule has 33 heavy (non-hydrogen) atoms. The van der Waals surface area contributed by atoms with Crippen LogP contribution < -0.4 is 5.73 Å². The molecule has 5 nitrogen and oxygen atoms in total. The summed E-state index contributed by atoms with van der Waals surface area (Å²) in [7, 11) is 1.49. The fourth-order valence-corrected chi connectivity index (χ4v) is 4.23. The predicted molar refractivity (Wildman–Crippen MR) is 121 cm³/mol. The van der Waals surface area contributed by atoms with E-state index < -0.39 is 17.3 Å². The van der Waals surface area contributed by atoms with Crippen molar-refractivity contribution in [2.24, 2.45) is 10.7 Å². The van der Waals surface area contributed by atoms with Crippen molar-refractivity contribution in [2.45, 2.75) is 44.3 Å². The summed E-state index contributed by atoms with van der Waals surface area (Å²) in [6, 6.07) is 13.3. The molecule has 0 saturated carbocycles. The molecule has 1 aliphatic rings. The second kappa shape index (κ2) is 7.95. The highest BCUT2D eigenvalue weighted by Gasteiger charge is 2.41. The Hall–Kier alpha value is -3.26. The first-order chi connectivity index (χ1) is 15.4. The lowest BCUT2D eigenvalue weighted by atomic mass is 9.72. The van der Waals surface area contributed by atoms with Crippen molar-refractivity contribution in [1.29, 1.82) is 0 Å². The lowest BCUT2D eigenvalue weighted by Crippen LogP contribution is -2.44. The Morgan fingerprint density at radius 1 is 0.939 bits per heavy atom. The van der Waals surface area contributed by atoms with Gasteiger partial charge in [-0.1, -0.05) is 51.1 Å². The number of aromatic nitrogens is 2. The minimum absolute atomic E-state index is 0.0641. The smallest absolute Gasteiger partial charge is 0.418 e. The quantitative estimate of drug-likeness (QED) is 0.536. The fourth-order valence-electron chi connectivity index (χ4n) is 4.23. The third-order valence-corrected chi connectivity index (χ3v) is 5.82. The molecule has 172 valence electrons. The summed E-state index contributed by atoms with van der Waals surface area (Å²) in [4.78, 5) is 12.9. The van der Waals surface area contributed by atoms with Gasteiger partial charge in [0.2, 0.25) is 0 Å². The molecule has 0 saturated heterocycles. The van der Waals surface area contributed by atoms with E-state index in [0.29, 0.717) is 17.9 Å². The van der Waals surface area contributed by atoms with E-state index in [-0.39, 0.29) is 22.6 Å². The second-order valence-corrected chi connectivity index (χ2v) is 9.12. The van der Waals surface area contributed by atoms with E-state index in [0.717, 1.165) is 17.2 Å². The summed E-state index contributed by atoms with van der Waals surface area (Å²) in [5.74, 6) is 0.580. The van der Waals surface area contributed by atoms with E-state index in [4.69, 9.17) is 10.5 Å². The van der Waals surface area contributed by atoms with Crippen LogP contribution >= 0.6 is 0 Å². The number of ether oxygens (including phenoxy) is 1. The second-order valence-electron chi connectivity index (χ2n) is 9.12. The summed E-state index contributed by atoms with van der Waals surface area (Å²) < 4.78 is 46.1. The molecule has 1 aliphatic heterocycles. The van der Waals surface area contributed by atoms with Crippen LogP contribution in [0.4, 0.5) is 19.0 Å². The topological polar surface area (TPSA) is 73.4 Å². The van der Waals surface area contributed by atoms with Gasteiger partial charge >= 0.3 is 6.18 Å². The lowest BCUT2D eigenvalue weighted by molar-refractivity contribution is -0.137. The summed E-state index contributed by atoms with van der Waals surface area (Å²) in [6.07, 6.45) is -2.96. The van der Waals surface area contributed by atoms with Crippen molar-refractivity contribution in [3.8, 4) is 11.4 Å². The summed E-state index contributed by atoms with van der Waals surface area (Å²) in [5, 5.41) is 0. The number of halogens is 3. The molecule has 3 heterocycles. The zero-order valence-electron chi connectivity index (χ0n) is 18.9. The molecule has 4 rings (SSSR count). The van der Waals surface area contributed by atoms with Gasteiger partial charge in [0.05, 0.1) is 30.3 Å². The highest BCUT2D eigenvalue weighted by atomic mass is 19.4. The van der Waals surface area contributed by atoms with E-state index in [1.54, 1.807) is 6.07 Å². The molecule has 8 heteroatoms. The Morgan fingerprint density at radius 2 is 1.64 bits per heavy atom.